The number of hydrogen-bond donors (Lipinski definition) is 2. The molecule has 2 N–H and O–H groups in total. The molecule has 1 saturated heterocycles. The molecule has 1 aromatic rings. The molecule has 0 bridgehead atoms. The number of rotatable bonds is 3. The van der Waals surface area contributed by atoms with Crippen LogP contribution in [-0.4, -0.2) is 42.1 Å². The van der Waals surface area contributed by atoms with Gasteiger partial charge in [0, 0.05) is 12.6 Å². The Hall–Kier alpha value is -1.11. The van der Waals surface area contributed by atoms with Gasteiger partial charge >= 0.3 is 0 Å². The van der Waals surface area contributed by atoms with E-state index in [4.69, 9.17) is 10.2 Å². The molecular weight excluding hydrogens is 242 g/mol. The van der Waals surface area contributed by atoms with E-state index in [0.717, 1.165) is 6.42 Å². The van der Waals surface area contributed by atoms with E-state index in [9.17, 15) is 8.42 Å². The van der Waals surface area contributed by atoms with Crippen LogP contribution in [0.2, 0.25) is 0 Å². The summed E-state index contributed by atoms with van der Waals surface area (Å²) in [6.07, 6.45) is 1.45. The number of aliphatic hydroxyl groups excluding tert-OH is 1. The number of sulfonamides is 1. The van der Waals surface area contributed by atoms with E-state index in [1.807, 2.05) is 0 Å². The minimum Gasteiger partial charge on any atom is -0.508 e. The lowest BCUT2D eigenvalue weighted by Gasteiger charge is -2.22. The van der Waals surface area contributed by atoms with Gasteiger partial charge in [0.1, 0.15) is 5.75 Å². The largest absolute Gasteiger partial charge is 0.508 e. The third-order valence-electron chi connectivity index (χ3n) is 2.98. The predicted molar refractivity (Wildman–Crippen MR) is 62.1 cm³/mol. The fourth-order valence-corrected chi connectivity index (χ4v) is 3.75. The lowest BCUT2D eigenvalue weighted by molar-refractivity contribution is 0.213. The summed E-state index contributed by atoms with van der Waals surface area (Å²) in [4.78, 5) is 0.149. The second-order valence-electron chi connectivity index (χ2n) is 4.09. The van der Waals surface area contributed by atoms with Crippen molar-refractivity contribution in [2.24, 2.45) is 0 Å². The van der Waals surface area contributed by atoms with Gasteiger partial charge in [-0.15, -0.1) is 0 Å². The molecule has 6 heteroatoms. The maximum atomic E-state index is 12.2. The predicted octanol–water partition coefficient (Wildman–Crippen LogP) is 0.538. The van der Waals surface area contributed by atoms with Crippen LogP contribution in [0.15, 0.2) is 29.2 Å². The smallest absolute Gasteiger partial charge is 0.243 e. The number of phenols is 1. The quantitative estimate of drug-likeness (QED) is 0.828. The molecular formula is C11H15NO4S. The molecule has 0 aliphatic carbocycles. The molecule has 1 aliphatic rings. The lowest BCUT2D eigenvalue weighted by atomic mass is 10.2. The topological polar surface area (TPSA) is 77.8 Å². The molecule has 17 heavy (non-hydrogen) atoms. The monoisotopic (exact) mass is 257 g/mol. The minimum atomic E-state index is -3.55. The first-order chi connectivity index (χ1) is 8.05. The van der Waals surface area contributed by atoms with E-state index in [0.29, 0.717) is 13.0 Å². The van der Waals surface area contributed by atoms with Crippen LogP contribution in [-0.2, 0) is 10.0 Å². The summed E-state index contributed by atoms with van der Waals surface area (Å²) in [5.74, 6) is 0.0316. The van der Waals surface area contributed by atoms with Gasteiger partial charge in [0.15, 0.2) is 0 Å². The van der Waals surface area contributed by atoms with Crippen LogP contribution in [0.5, 0.6) is 5.75 Å². The van der Waals surface area contributed by atoms with Gasteiger partial charge in [-0.1, -0.05) is 0 Å². The summed E-state index contributed by atoms with van der Waals surface area (Å²) in [5.41, 5.74) is 0. The second-order valence-corrected chi connectivity index (χ2v) is 5.98. The van der Waals surface area contributed by atoms with Crippen molar-refractivity contribution in [3.05, 3.63) is 24.3 Å². The Morgan fingerprint density at radius 1 is 1.29 bits per heavy atom. The third-order valence-corrected chi connectivity index (χ3v) is 4.94. The fraction of sp³-hybridized carbons (Fsp3) is 0.455. The van der Waals surface area contributed by atoms with Crippen molar-refractivity contribution in [1.29, 1.82) is 0 Å². The average Bonchev–Trinajstić information content (AvgIpc) is 2.78. The standard InChI is InChI=1S/C11H15NO4S/c13-8-9-2-1-7-12(9)17(15,16)11-5-3-10(14)4-6-11/h3-6,9,13-14H,1-2,7-8H2/t9-/m0/s1. The van der Waals surface area contributed by atoms with E-state index in [1.165, 1.54) is 28.6 Å². The van der Waals surface area contributed by atoms with Crippen LogP contribution in [0, 0.1) is 0 Å². The molecule has 94 valence electrons. The lowest BCUT2D eigenvalue weighted by Crippen LogP contribution is -2.37. The van der Waals surface area contributed by atoms with Gasteiger partial charge in [-0.05, 0) is 37.1 Å². The van der Waals surface area contributed by atoms with Gasteiger partial charge in [0.05, 0.1) is 11.5 Å². The van der Waals surface area contributed by atoms with Crippen LogP contribution in [0.3, 0.4) is 0 Å². The maximum Gasteiger partial charge on any atom is 0.243 e. The second kappa shape index (κ2) is 4.64. The molecule has 0 spiro atoms. The van der Waals surface area contributed by atoms with Crippen molar-refractivity contribution in [1.82, 2.24) is 4.31 Å². The van der Waals surface area contributed by atoms with Crippen LogP contribution in [0.4, 0.5) is 0 Å². The molecule has 0 radical (unpaired) electrons. The molecule has 1 heterocycles. The Balaban J connectivity index is 2.33. The highest BCUT2D eigenvalue weighted by Crippen LogP contribution is 2.26. The molecule has 2 rings (SSSR count). The number of aromatic hydroxyl groups is 1. The summed E-state index contributed by atoms with van der Waals surface area (Å²) in [6.45, 7) is 0.283. The van der Waals surface area contributed by atoms with Crippen LogP contribution in [0.1, 0.15) is 12.8 Å². The van der Waals surface area contributed by atoms with Crippen molar-refractivity contribution < 1.29 is 18.6 Å². The Labute approximate surface area is 100 Å². The Morgan fingerprint density at radius 3 is 2.53 bits per heavy atom. The fourth-order valence-electron chi connectivity index (χ4n) is 2.06. The summed E-state index contributed by atoms with van der Waals surface area (Å²) in [5, 5.41) is 18.3. The van der Waals surface area contributed by atoms with Gasteiger partial charge in [0.25, 0.3) is 0 Å². The first-order valence-corrected chi connectivity index (χ1v) is 6.91. The van der Waals surface area contributed by atoms with Gasteiger partial charge < -0.3 is 10.2 Å². The zero-order valence-corrected chi connectivity index (χ0v) is 10.1. The molecule has 0 unspecified atom stereocenters. The first kappa shape index (κ1) is 12.3. The molecule has 1 aliphatic heterocycles. The van der Waals surface area contributed by atoms with E-state index < -0.39 is 10.0 Å². The molecule has 0 amide bonds. The van der Waals surface area contributed by atoms with Gasteiger partial charge in [-0.2, -0.15) is 4.31 Å². The Kier molecular flexibility index (Phi) is 3.37. The highest BCUT2D eigenvalue weighted by Gasteiger charge is 2.34. The van der Waals surface area contributed by atoms with Crippen LogP contribution in [0.25, 0.3) is 0 Å². The minimum absolute atomic E-state index is 0.0316. The van der Waals surface area contributed by atoms with Crippen molar-refractivity contribution >= 4 is 10.0 Å². The molecule has 5 nitrogen and oxygen atoms in total. The van der Waals surface area contributed by atoms with Crippen LogP contribution < -0.4 is 0 Å². The third kappa shape index (κ3) is 2.29. The average molecular weight is 257 g/mol. The zero-order valence-electron chi connectivity index (χ0n) is 9.28. The number of nitrogens with zero attached hydrogens (tertiary/aromatic N) is 1. The number of aliphatic hydroxyl groups is 1. The SMILES string of the molecule is O=S(=O)(c1ccc(O)cc1)N1CCC[C@H]1CO. The Morgan fingerprint density at radius 2 is 1.94 bits per heavy atom. The van der Waals surface area contributed by atoms with Crippen molar-refractivity contribution in [2.75, 3.05) is 13.2 Å². The normalized spacial score (nSPS) is 21.8. The summed E-state index contributed by atoms with van der Waals surface area (Å²) < 4.78 is 25.8. The zero-order chi connectivity index (χ0) is 12.5. The Bertz CT molecular complexity index is 483. The van der Waals surface area contributed by atoms with Gasteiger partial charge in [-0.25, -0.2) is 8.42 Å². The molecule has 1 atom stereocenters. The highest BCUT2D eigenvalue weighted by atomic mass is 32.2. The number of benzene rings is 1. The molecule has 0 aromatic heterocycles. The van der Waals surface area contributed by atoms with Gasteiger partial charge in [0.2, 0.25) is 10.0 Å². The van der Waals surface area contributed by atoms with Crippen molar-refractivity contribution in [3.8, 4) is 5.75 Å². The molecule has 1 fully saturated rings. The van der Waals surface area contributed by atoms with Gasteiger partial charge in [-0.3, -0.25) is 0 Å². The van der Waals surface area contributed by atoms with Crippen molar-refractivity contribution in [3.63, 3.8) is 0 Å². The highest BCUT2D eigenvalue weighted by molar-refractivity contribution is 7.89. The number of hydrogen-bond acceptors (Lipinski definition) is 4. The molecule has 0 saturated carbocycles. The van der Waals surface area contributed by atoms with E-state index in [1.54, 1.807) is 0 Å². The summed E-state index contributed by atoms with van der Waals surface area (Å²) >= 11 is 0. The maximum absolute atomic E-state index is 12.2. The molecule has 1 aromatic carbocycles. The summed E-state index contributed by atoms with van der Waals surface area (Å²) in [6, 6.07) is 5.11. The summed E-state index contributed by atoms with van der Waals surface area (Å²) in [7, 11) is -3.55. The van der Waals surface area contributed by atoms with E-state index in [-0.39, 0.29) is 23.3 Å². The first-order valence-electron chi connectivity index (χ1n) is 5.47. The van der Waals surface area contributed by atoms with Crippen molar-refractivity contribution in [2.45, 2.75) is 23.8 Å². The number of phenolic OH excluding ortho intramolecular Hbond substituents is 1. The van der Waals surface area contributed by atoms with E-state index >= 15 is 0 Å². The van der Waals surface area contributed by atoms with E-state index in [2.05, 4.69) is 0 Å². The van der Waals surface area contributed by atoms with Crippen LogP contribution >= 0.6 is 0 Å².